The average Bonchev–Trinajstić information content (AvgIpc) is 2.95. The van der Waals surface area contributed by atoms with Crippen molar-refractivity contribution < 1.29 is 14.6 Å². The quantitative estimate of drug-likeness (QED) is 0.779. The zero-order valence-corrected chi connectivity index (χ0v) is 11.5. The molecule has 106 valence electrons. The molecule has 2 aromatic rings. The standard InChI is InChI=1S/C17H15NO3/c19-12-3-1-2-9-6-11-14-10(4-5-18-11)7-13-17(21-8-20-13)16(14)15(9)12/h1-3,7,11,18-19H,4-6,8H2/t11-/m0/s1. The summed E-state index contributed by atoms with van der Waals surface area (Å²) in [5.41, 5.74) is 5.69. The minimum atomic E-state index is 0.256. The Morgan fingerprint density at radius 3 is 3.05 bits per heavy atom. The van der Waals surface area contributed by atoms with E-state index in [0.717, 1.165) is 47.6 Å². The van der Waals surface area contributed by atoms with E-state index in [0.29, 0.717) is 11.8 Å². The topological polar surface area (TPSA) is 50.7 Å². The van der Waals surface area contributed by atoms with E-state index in [1.807, 2.05) is 6.07 Å². The molecule has 0 fully saturated rings. The summed E-state index contributed by atoms with van der Waals surface area (Å²) in [6.45, 7) is 1.23. The van der Waals surface area contributed by atoms with Crippen LogP contribution in [0.25, 0.3) is 11.1 Å². The van der Waals surface area contributed by atoms with Gasteiger partial charge in [0.2, 0.25) is 6.79 Å². The van der Waals surface area contributed by atoms with Crippen molar-refractivity contribution in [2.45, 2.75) is 18.9 Å². The fourth-order valence-corrected chi connectivity index (χ4v) is 3.89. The van der Waals surface area contributed by atoms with Crippen molar-refractivity contribution >= 4 is 0 Å². The van der Waals surface area contributed by atoms with Gasteiger partial charge in [-0.1, -0.05) is 12.1 Å². The Morgan fingerprint density at radius 1 is 1.14 bits per heavy atom. The maximum absolute atomic E-state index is 10.4. The van der Waals surface area contributed by atoms with E-state index < -0.39 is 0 Å². The lowest BCUT2D eigenvalue weighted by molar-refractivity contribution is 0.174. The number of hydrogen-bond acceptors (Lipinski definition) is 4. The first-order valence-electron chi connectivity index (χ1n) is 7.33. The summed E-state index contributed by atoms with van der Waals surface area (Å²) in [7, 11) is 0. The number of rotatable bonds is 0. The Bertz CT molecular complexity index is 769. The second-order valence-corrected chi connectivity index (χ2v) is 5.83. The van der Waals surface area contributed by atoms with E-state index in [9.17, 15) is 5.11 Å². The molecule has 0 bridgehead atoms. The maximum atomic E-state index is 10.4. The van der Waals surface area contributed by atoms with Crippen molar-refractivity contribution in [1.82, 2.24) is 5.32 Å². The highest BCUT2D eigenvalue weighted by Gasteiger charge is 2.36. The molecule has 5 rings (SSSR count). The molecule has 2 aromatic carbocycles. The van der Waals surface area contributed by atoms with E-state index in [-0.39, 0.29) is 6.79 Å². The van der Waals surface area contributed by atoms with E-state index >= 15 is 0 Å². The third-order valence-corrected chi connectivity index (χ3v) is 4.73. The van der Waals surface area contributed by atoms with Crippen LogP contribution in [0, 0.1) is 0 Å². The second kappa shape index (κ2) is 3.92. The van der Waals surface area contributed by atoms with Crippen LogP contribution in [0.3, 0.4) is 0 Å². The van der Waals surface area contributed by atoms with Gasteiger partial charge in [-0.3, -0.25) is 0 Å². The van der Waals surface area contributed by atoms with Gasteiger partial charge in [0, 0.05) is 17.2 Å². The number of phenols is 1. The molecule has 0 spiro atoms. The Labute approximate surface area is 122 Å². The molecule has 2 N–H and O–H groups in total. The zero-order chi connectivity index (χ0) is 14.0. The molecule has 0 radical (unpaired) electrons. The molecule has 1 atom stereocenters. The Hall–Kier alpha value is -2.20. The van der Waals surface area contributed by atoms with Crippen LogP contribution in [-0.4, -0.2) is 18.4 Å². The lowest BCUT2D eigenvalue weighted by atomic mass is 9.77. The van der Waals surface area contributed by atoms with Crippen molar-refractivity contribution in [3.05, 3.63) is 41.0 Å². The first-order valence-corrected chi connectivity index (χ1v) is 7.33. The Kier molecular flexibility index (Phi) is 2.14. The number of fused-ring (bicyclic) bond motifs is 4. The lowest BCUT2D eigenvalue weighted by Crippen LogP contribution is -2.33. The van der Waals surface area contributed by atoms with Gasteiger partial charge in [-0.15, -0.1) is 0 Å². The monoisotopic (exact) mass is 281 g/mol. The SMILES string of the molecule is Oc1cccc2c1-c1c3c(cc4c1[C@H](C2)NCC4)OCO3. The van der Waals surface area contributed by atoms with Crippen molar-refractivity contribution in [2.24, 2.45) is 0 Å². The highest BCUT2D eigenvalue weighted by molar-refractivity contribution is 5.87. The maximum Gasteiger partial charge on any atom is 0.231 e. The average molecular weight is 281 g/mol. The summed E-state index contributed by atoms with van der Waals surface area (Å²) in [4.78, 5) is 0. The normalized spacial score (nSPS) is 20.9. The molecule has 3 aliphatic rings. The lowest BCUT2D eigenvalue weighted by Gasteiger charge is -2.35. The molecule has 21 heavy (non-hydrogen) atoms. The van der Waals surface area contributed by atoms with Gasteiger partial charge in [-0.05, 0) is 48.2 Å². The van der Waals surface area contributed by atoms with Gasteiger partial charge in [-0.25, -0.2) is 0 Å². The number of phenolic OH excluding ortho intramolecular Hbond substituents is 1. The summed E-state index contributed by atoms with van der Waals surface area (Å²) in [5.74, 6) is 1.91. The van der Waals surface area contributed by atoms with Crippen LogP contribution in [0.5, 0.6) is 17.2 Å². The highest BCUT2D eigenvalue weighted by atomic mass is 16.7. The highest BCUT2D eigenvalue weighted by Crippen LogP contribution is 2.54. The number of ether oxygens (including phenoxy) is 2. The van der Waals surface area contributed by atoms with Crippen LogP contribution < -0.4 is 14.8 Å². The van der Waals surface area contributed by atoms with Gasteiger partial charge < -0.3 is 19.9 Å². The molecular weight excluding hydrogens is 266 g/mol. The first kappa shape index (κ1) is 11.5. The molecule has 1 aliphatic carbocycles. The van der Waals surface area contributed by atoms with Gasteiger partial charge >= 0.3 is 0 Å². The smallest absolute Gasteiger partial charge is 0.231 e. The molecule has 0 unspecified atom stereocenters. The molecule has 0 aromatic heterocycles. The fraction of sp³-hybridized carbons (Fsp3) is 0.294. The van der Waals surface area contributed by atoms with Crippen molar-refractivity contribution in [2.75, 3.05) is 13.3 Å². The predicted molar refractivity (Wildman–Crippen MR) is 77.8 cm³/mol. The van der Waals surface area contributed by atoms with Gasteiger partial charge in [0.25, 0.3) is 0 Å². The zero-order valence-electron chi connectivity index (χ0n) is 11.5. The van der Waals surface area contributed by atoms with E-state index in [1.165, 1.54) is 11.1 Å². The van der Waals surface area contributed by atoms with Gasteiger partial charge in [-0.2, -0.15) is 0 Å². The summed E-state index contributed by atoms with van der Waals surface area (Å²) in [6.07, 6.45) is 1.89. The number of benzene rings is 2. The van der Waals surface area contributed by atoms with Gasteiger partial charge in [0.15, 0.2) is 11.5 Å². The molecule has 0 amide bonds. The molecule has 4 heteroatoms. The van der Waals surface area contributed by atoms with Gasteiger partial charge in [0.1, 0.15) is 5.75 Å². The van der Waals surface area contributed by atoms with Crippen molar-refractivity contribution in [3.8, 4) is 28.4 Å². The Balaban J connectivity index is 1.92. The predicted octanol–water partition coefficient (Wildman–Crippen LogP) is 2.53. The summed E-state index contributed by atoms with van der Waals surface area (Å²) in [5, 5.41) is 14.0. The molecule has 0 saturated heterocycles. The third kappa shape index (κ3) is 1.43. The first-order chi connectivity index (χ1) is 10.3. The van der Waals surface area contributed by atoms with Crippen LogP contribution in [0.2, 0.25) is 0 Å². The minimum absolute atomic E-state index is 0.256. The summed E-state index contributed by atoms with van der Waals surface area (Å²) >= 11 is 0. The summed E-state index contributed by atoms with van der Waals surface area (Å²) in [6, 6.07) is 8.15. The molecule has 2 aliphatic heterocycles. The molecular formula is C17H15NO3. The third-order valence-electron chi connectivity index (χ3n) is 4.73. The van der Waals surface area contributed by atoms with Crippen LogP contribution in [0.4, 0.5) is 0 Å². The van der Waals surface area contributed by atoms with E-state index in [4.69, 9.17) is 9.47 Å². The largest absolute Gasteiger partial charge is 0.507 e. The molecule has 2 heterocycles. The molecule has 4 nitrogen and oxygen atoms in total. The fourth-order valence-electron chi connectivity index (χ4n) is 3.89. The molecule has 0 saturated carbocycles. The summed E-state index contributed by atoms with van der Waals surface area (Å²) < 4.78 is 11.3. The van der Waals surface area contributed by atoms with Crippen molar-refractivity contribution in [1.29, 1.82) is 0 Å². The number of hydrogen-bond donors (Lipinski definition) is 2. The van der Waals surface area contributed by atoms with Crippen LogP contribution >= 0.6 is 0 Å². The Morgan fingerprint density at radius 2 is 2.10 bits per heavy atom. The number of aromatic hydroxyl groups is 1. The van der Waals surface area contributed by atoms with Crippen LogP contribution in [0.15, 0.2) is 24.3 Å². The van der Waals surface area contributed by atoms with E-state index in [2.05, 4.69) is 17.4 Å². The van der Waals surface area contributed by atoms with Crippen LogP contribution in [-0.2, 0) is 12.8 Å². The van der Waals surface area contributed by atoms with Crippen molar-refractivity contribution in [3.63, 3.8) is 0 Å². The van der Waals surface area contributed by atoms with E-state index in [1.54, 1.807) is 6.07 Å². The second-order valence-electron chi connectivity index (χ2n) is 5.83. The minimum Gasteiger partial charge on any atom is -0.507 e. The van der Waals surface area contributed by atoms with Gasteiger partial charge in [0.05, 0.1) is 0 Å². The van der Waals surface area contributed by atoms with Crippen LogP contribution in [0.1, 0.15) is 22.7 Å². The number of nitrogens with one attached hydrogen (secondary N) is 1.